The summed E-state index contributed by atoms with van der Waals surface area (Å²) in [7, 11) is 0. The third kappa shape index (κ3) is 2.34. The molecular weight excluding hydrogens is 254 g/mol. The Kier molecular flexibility index (Phi) is 3.21. The molecule has 1 heteroatoms. The van der Waals surface area contributed by atoms with Crippen molar-refractivity contribution in [1.29, 1.82) is 0 Å². The predicted octanol–water partition coefficient (Wildman–Crippen LogP) is 4.27. The maximum absolute atomic E-state index is 3.69. The van der Waals surface area contributed by atoms with E-state index in [4.69, 9.17) is 0 Å². The molecule has 1 aliphatic rings. The predicted molar refractivity (Wildman–Crippen MR) is 88.5 cm³/mol. The lowest BCUT2D eigenvalue weighted by Crippen LogP contribution is -2.31. The molecule has 1 atom stereocenters. The molecule has 0 fully saturated rings. The van der Waals surface area contributed by atoms with Gasteiger partial charge in [0.1, 0.15) is 0 Å². The molecule has 0 saturated carbocycles. The molecule has 1 unspecified atom stereocenters. The van der Waals surface area contributed by atoms with Crippen LogP contribution in [0.3, 0.4) is 0 Å². The summed E-state index contributed by atoms with van der Waals surface area (Å²) < 4.78 is 0. The van der Waals surface area contributed by atoms with Gasteiger partial charge in [-0.05, 0) is 46.8 Å². The Morgan fingerprint density at radius 3 is 2.67 bits per heavy atom. The molecule has 0 amide bonds. The third-order valence-electron chi connectivity index (χ3n) is 4.52. The van der Waals surface area contributed by atoms with Crippen LogP contribution in [-0.4, -0.2) is 6.54 Å². The molecule has 0 bridgehead atoms. The number of hydrogen-bond acceptors (Lipinski definition) is 1. The summed E-state index contributed by atoms with van der Waals surface area (Å²) in [5.41, 5.74) is 4.40. The van der Waals surface area contributed by atoms with Crippen LogP contribution < -0.4 is 5.32 Å². The van der Waals surface area contributed by atoms with E-state index >= 15 is 0 Å². The molecule has 1 heterocycles. The van der Waals surface area contributed by atoms with Crippen LogP contribution >= 0.6 is 0 Å². The molecule has 4 rings (SSSR count). The van der Waals surface area contributed by atoms with Crippen molar-refractivity contribution < 1.29 is 0 Å². The van der Waals surface area contributed by atoms with E-state index in [9.17, 15) is 0 Å². The molecule has 0 aliphatic carbocycles. The van der Waals surface area contributed by atoms with E-state index in [-0.39, 0.29) is 0 Å². The lowest BCUT2D eigenvalue weighted by molar-refractivity contribution is 0.504. The highest BCUT2D eigenvalue weighted by atomic mass is 14.9. The lowest BCUT2D eigenvalue weighted by atomic mass is 9.89. The van der Waals surface area contributed by atoms with Crippen LogP contribution in [0.5, 0.6) is 0 Å². The molecule has 3 aromatic rings. The first-order chi connectivity index (χ1) is 10.4. The highest BCUT2D eigenvalue weighted by Crippen LogP contribution is 2.28. The van der Waals surface area contributed by atoms with Gasteiger partial charge in [0.25, 0.3) is 0 Å². The minimum atomic E-state index is 0.431. The van der Waals surface area contributed by atoms with Gasteiger partial charge in [-0.1, -0.05) is 66.7 Å². The molecule has 0 spiro atoms. The van der Waals surface area contributed by atoms with Crippen molar-refractivity contribution >= 4 is 10.8 Å². The fraction of sp³-hybridized carbons (Fsp3) is 0.200. The van der Waals surface area contributed by atoms with E-state index in [0.29, 0.717) is 6.04 Å². The topological polar surface area (TPSA) is 12.0 Å². The second-order valence-electron chi connectivity index (χ2n) is 5.80. The number of benzene rings is 3. The van der Waals surface area contributed by atoms with Gasteiger partial charge in [-0.3, -0.25) is 0 Å². The fourth-order valence-electron chi connectivity index (χ4n) is 3.47. The van der Waals surface area contributed by atoms with Crippen LogP contribution in [0.1, 0.15) is 22.7 Å². The highest BCUT2D eigenvalue weighted by Gasteiger charge is 2.19. The Bertz CT molecular complexity index is 770. The van der Waals surface area contributed by atoms with E-state index in [1.807, 2.05) is 0 Å². The second-order valence-corrected chi connectivity index (χ2v) is 5.80. The number of hydrogen-bond donors (Lipinski definition) is 1. The zero-order valence-electron chi connectivity index (χ0n) is 12.0. The minimum absolute atomic E-state index is 0.431. The van der Waals surface area contributed by atoms with E-state index in [2.05, 4.69) is 72.0 Å². The Morgan fingerprint density at radius 2 is 1.67 bits per heavy atom. The molecule has 0 aromatic heterocycles. The second kappa shape index (κ2) is 5.34. The average Bonchev–Trinajstić information content (AvgIpc) is 2.56. The van der Waals surface area contributed by atoms with Gasteiger partial charge in [-0.25, -0.2) is 0 Å². The molecule has 104 valence electrons. The van der Waals surface area contributed by atoms with Gasteiger partial charge in [-0.15, -0.1) is 0 Å². The number of fused-ring (bicyclic) bond motifs is 2. The Balaban J connectivity index is 1.73. The molecule has 0 saturated heterocycles. The minimum Gasteiger partial charge on any atom is -0.309 e. The third-order valence-corrected chi connectivity index (χ3v) is 4.52. The molecule has 1 aliphatic heterocycles. The lowest BCUT2D eigenvalue weighted by Gasteiger charge is -2.27. The largest absolute Gasteiger partial charge is 0.309 e. The molecule has 0 radical (unpaired) electrons. The maximum Gasteiger partial charge on any atom is 0.0363 e. The normalized spacial score (nSPS) is 17.6. The van der Waals surface area contributed by atoms with Crippen LogP contribution in [0.15, 0.2) is 66.7 Å². The van der Waals surface area contributed by atoms with Gasteiger partial charge in [0.15, 0.2) is 0 Å². The zero-order valence-corrected chi connectivity index (χ0v) is 12.0. The monoisotopic (exact) mass is 273 g/mol. The number of rotatable bonds is 2. The van der Waals surface area contributed by atoms with Gasteiger partial charge in [0.2, 0.25) is 0 Å². The molecule has 1 nitrogen and oxygen atoms in total. The van der Waals surface area contributed by atoms with Gasteiger partial charge in [0, 0.05) is 6.04 Å². The Hall–Kier alpha value is -2.12. The van der Waals surface area contributed by atoms with Crippen molar-refractivity contribution in [2.24, 2.45) is 0 Å². The van der Waals surface area contributed by atoms with Crippen LogP contribution in [0.25, 0.3) is 10.8 Å². The summed E-state index contributed by atoms with van der Waals surface area (Å²) in [6.07, 6.45) is 2.20. The molecule has 21 heavy (non-hydrogen) atoms. The van der Waals surface area contributed by atoms with Crippen molar-refractivity contribution in [2.45, 2.75) is 18.9 Å². The van der Waals surface area contributed by atoms with Crippen LogP contribution in [0.4, 0.5) is 0 Å². The van der Waals surface area contributed by atoms with E-state index in [0.717, 1.165) is 19.4 Å². The summed E-state index contributed by atoms with van der Waals surface area (Å²) in [5, 5.41) is 6.40. The van der Waals surface area contributed by atoms with Crippen LogP contribution in [0.2, 0.25) is 0 Å². The zero-order chi connectivity index (χ0) is 14.1. The van der Waals surface area contributed by atoms with Crippen molar-refractivity contribution in [1.82, 2.24) is 5.32 Å². The van der Waals surface area contributed by atoms with Gasteiger partial charge < -0.3 is 5.32 Å². The molecule has 1 N–H and O–H groups in total. The fourth-order valence-corrected chi connectivity index (χ4v) is 3.47. The summed E-state index contributed by atoms with van der Waals surface area (Å²) in [6.45, 7) is 1.08. The van der Waals surface area contributed by atoms with Crippen molar-refractivity contribution in [3.8, 4) is 0 Å². The van der Waals surface area contributed by atoms with Gasteiger partial charge >= 0.3 is 0 Å². The van der Waals surface area contributed by atoms with E-state index in [1.165, 1.54) is 27.5 Å². The average molecular weight is 273 g/mol. The standard InChI is InChI=1S/C20H19N/c1-3-10-18-15(6-1)8-5-9-17(18)14-20-19-11-4-2-7-16(19)12-13-21-20/h1-11,20-21H,12-14H2. The first kappa shape index (κ1) is 12.6. The Morgan fingerprint density at radius 1 is 0.857 bits per heavy atom. The quantitative estimate of drug-likeness (QED) is 0.735. The smallest absolute Gasteiger partial charge is 0.0363 e. The van der Waals surface area contributed by atoms with E-state index < -0.39 is 0 Å². The summed E-state index contributed by atoms with van der Waals surface area (Å²) in [6, 6.07) is 24.6. The van der Waals surface area contributed by atoms with E-state index in [1.54, 1.807) is 0 Å². The van der Waals surface area contributed by atoms with Crippen LogP contribution in [-0.2, 0) is 12.8 Å². The molecule has 3 aromatic carbocycles. The maximum atomic E-state index is 3.69. The summed E-state index contributed by atoms with van der Waals surface area (Å²) >= 11 is 0. The van der Waals surface area contributed by atoms with Crippen molar-refractivity contribution in [3.63, 3.8) is 0 Å². The highest BCUT2D eigenvalue weighted by molar-refractivity contribution is 5.85. The summed E-state index contributed by atoms with van der Waals surface area (Å²) in [5.74, 6) is 0. The van der Waals surface area contributed by atoms with Crippen molar-refractivity contribution in [3.05, 3.63) is 83.4 Å². The number of nitrogens with one attached hydrogen (secondary N) is 1. The molecular formula is C20H19N. The van der Waals surface area contributed by atoms with Gasteiger partial charge in [-0.2, -0.15) is 0 Å². The summed E-state index contributed by atoms with van der Waals surface area (Å²) in [4.78, 5) is 0. The van der Waals surface area contributed by atoms with Gasteiger partial charge in [0.05, 0.1) is 0 Å². The SMILES string of the molecule is c1ccc2c(c1)CCNC2Cc1cccc2ccccc12. The van der Waals surface area contributed by atoms with Crippen LogP contribution in [0, 0.1) is 0 Å². The first-order valence-corrected chi connectivity index (χ1v) is 7.69. The first-order valence-electron chi connectivity index (χ1n) is 7.69. The Labute approximate surface area is 125 Å². The van der Waals surface area contributed by atoms with Crippen molar-refractivity contribution in [2.75, 3.05) is 6.54 Å².